The third kappa shape index (κ3) is 4.37. The summed E-state index contributed by atoms with van der Waals surface area (Å²) in [6.07, 6.45) is 4.89. The van der Waals surface area contributed by atoms with E-state index in [0.29, 0.717) is 35.5 Å². The van der Waals surface area contributed by atoms with Gasteiger partial charge >= 0.3 is 5.97 Å². The van der Waals surface area contributed by atoms with E-state index in [1.807, 2.05) is 49.4 Å². The van der Waals surface area contributed by atoms with Gasteiger partial charge in [0.2, 0.25) is 6.79 Å². The van der Waals surface area contributed by atoms with Gasteiger partial charge < -0.3 is 24.3 Å². The van der Waals surface area contributed by atoms with E-state index in [4.69, 9.17) is 18.9 Å². The van der Waals surface area contributed by atoms with Crippen molar-refractivity contribution in [2.45, 2.75) is 63.4 Å². The van der Waals surface area contributed by atoms with Crippen LogP contribution in [0.5, 0.6) is 17.2 Å². The molecule has 1 saturated carbocycles. The van der Waals surface area contributed by atoms with E-state index in [-0.39, 0.29) is 30.6 Å². The molecule has 2 aliphatic carbocycles. The van der Waals surface area contributed by atoms with Crippen molar-refractivity contribution in [3.63, 3.8) is 0 Å². The van der Waals surface area contributed by atoms with Crippen molar-refractivity contribution < 1.29 is 28.5 Å². The smallest absolute Gasteiger partial charge is 0.337 e. The highest BCUT2D eigenvalue weighted by atomic mass is 16.7. The van der Waals surface area contributed by atoms with Gasteiger partial charge in [0, 0.05) is 29.3 Å². The number of benzene rings is 2. The lowest BCUT2D eigenvalue weighted by molar-refractivity contribution is -0.144. The van der Waals surface area contributed by atoms with Crippen LogP contribution in [0.4, 0.5) is 0 Å². The second-order valence-corrected chi connectivity index (χ2v) is 10.2. The summed E-state index contributed by atoms with van der Waals surface area (Å²) in [6, 6.07) is 13.6. The summed E-state index contributed by atoms with van der Waals surface area (Å²) in [5.74, 6) is 1.28. The number of carbonyl (C=O) groups excluding carboxylic acids is 2. The van der Waals surface area contributed by atoms with Crippen LogP contribution in [0.1, 0.15) is 68.4 Å². The van der Waals surface area contributed by atoms with Crippen LogP contribution in [0.25, 0.3) is 0 Å². The van der Waals surface area contributed by atoms with Gasteiger partial charge in [-0.2, -0.15) is 0 Å². The highest BCUT2D eigenvalue weighted by Gasteiger charge is 2.42. The van der Waals surface area contributed by atoms with Crippen molar-refractivity contribution in [3.8, 4) is 17.2 Å². The van der Waals surface area contributed by atoms with Gasteiger partial charge in [-0.15, -0.1) is 0 Å². The molecule has 2 aliphatic heterocycles. The van der Waals surface area contributed by atoms with Crippen molar-refractivity contribution >= 4 is 11.8 Å². The minimum atomic E-state index is -0.524. The molecule has 2 unspecified atom stereocenters. The van der Waals surface area contributed by atoms with Crippen molar-refractivity contribution in [2.75, 3.05) is 13.9 Å². The highest BCUT2D eigenvalue weighted by molar-refractivity contribution is 6.04. The molecule has 7 nitrogen and oxygen atoms in total. The molecule has 0 bridgehead atoms. The molecule has 0 amide bonds. The predicted octanol–water partition coefficient (Wildman–Crippen LogP) is 5.27. The maximum atomic E-state index is 13.8. The van der Waals surface area contributed by atoms with Gasteiger partial charge in [-0.05, 0) is 80.3 Å². The number of ether oxygens (including phenoxy) is 4. The molecule has 4 aliphatic rings. The van der Waals surface area contributed by atoms with Crippen LogP contribution in [0.3, 0.4) is 0 Å². The van der Waals surface area contributed by atoms with Crippen LogP contribution in [-0.2, 0) is 14.3 Å². The molecular weight excluding hydrogens is 470 g/mol. The van der Waals surface area contributed by atoms with E-state index >= 15 is 0 Å². The number of ketones is 1. The number of rotatable bonds is 5. The SMILES string of the molecule is COc1ccc(C2CC(=O)C3=C(C2)NC(C)=C(C(=O)OC2CCCC2)C3c2ccc3c(c2)OCO3)cc1. The standard InChI is InChI=1S/C30H31NO6/c1-17-27(30(33)37-22-5-3-4-6-22)28(19-9-12-25-26(15-19)36-16-35-25)29-23(31-17)13-20(14-24(29)32)18-7-10-21(34-2)11-8-18/h7-12,15,20,22,28,31H,3-6,13-14,16H2,1-2H3. The molecule has 0 saturated heterocycles. The van der Waals surface area contributed by atoms with Gasteiger partial charge in [0.15, 0.2) is 17.3 Å². The molecule has 0 spiro atoms. The van der Waals surface area contributed by atoms with Crippen LogP contribution in [0.15, 0.2) is 65.0 Å². The van der Waals surface area contributed by atoms with Crippen LogP contribution in [0.2, 0.25) is 0 Å². The number of hydrogen-bond donors (Lipinski definition) is 1. The third-order valence-electron chi connectivity index (χ3n) is 7.94. The molecular formula is C30H31NO6. The number of esters is 1. The Kier molecular flexibility index (Phi) is 6.14. The lowest BCUT2D eigenvalue weighted by atomic mass is 9.71. The van der Waals surface area contributed by atoms with Crippen LogP contribution in [0, 0.1) is 0 Å². The van der Waals surface area contributed by atoms with Crippen molar-refractivity contribution in [3.05, 3.63) is 76.1 Å². The Bertz CT molecular complexity index is 1300. The number of fused-ring (bicyclic) bond motifs is 1. The first-order valence-corrected chi connectivity index (χ1v) is 13.0. The van der Waals surface area contributed by atoms with E-state index in [0.717, 1.165) is 54.0 Å². The van der Waals surface area contributed by atoms with Gasteiger partial charge in [0.1, 0.15) is 11.9 Å². The number of nitrogens with one attached hydrogen (secondary N) is 1. The molecule has 7 heteroatoms. The van der Waals surface area contributed by atoms with E-state index in [2.05, 4.69) is 5.32 Å². The average Bonchev–Trinajstić information content (AvgIpc) is 3.59. The highest BCUT2D eigenvalue weighted by Crippen LogP contribution is 2.47. The van der Waals surface area contributed by atoms with E-state index in [1.54, 1.807) is 7.11 Å². The number of allylic oxidation sites excluding steroid dienone is 3. The Morgan fingerprint density at radius 1 is 0.973 bits per heavy atom. The molecule has 1 N–H and O–H groups in total. The average molecular weight is 502 g/mol. The first-order valence-electron chi connectivity index (χ1n) is 13.0. The Morgan fingerprint density at radius 2 is 1.70 bits per heavy atom. The minimum absolute atomic E-state index is 0.0379. The maximum Gasteiger partial charge on any atom is 0.337 e. The number of Topliss-reactive ketones (excluding diaryl/α,β-unsaturated/α-hetero) is 1. The molecule has 2 atom stereocenters. The zero-order valence-corrected chi connectivity index (χ0v) is 21.2. The molecule has 2 aromatic rings. The number of dihydropyridines is 1. The van der Waals surface area contributed by atoms with Crippen molar-refractivity contribution in [2.24, 2.45) is 0 Å². The fraction of sp³-hybridized carbons (Fsp3) is 0.400. The second-order valence-electron chi connectivity index (χ2n) is 10.2. The molecule has 0 radical (unpaired) electrons. The van der Waals surface area contributed by atoms with E-state index in [1.165, 1.54) is 0 Å². The fourth-order valence-electron chi connectivity index (χ4n) is 6.07. The molecule has 192 valence electrons. The summed E-state index contributed by atoms with van der Waals surface area (Å²) in [7, 11) is 1.64. The zero-order chi connectivity index (χ0) is 25.5. The topological polar surface area (TPSA) is 83.1 Å². The molecule has 1 fully saturated rings. The van der Waals surface area contributed by atoms with Crippen molar-refractivity contribution in [1.29, 1.82) is 0 Å². The first kappa shape index (κ1) is 23.6. The Balaban J connectivity index is 1.38. The quantitative estimate of drug-likeness (QED) is 0.559. The Morgan fingerprint density at radius 3 is 2.46 bits per heavy atom. The summed E-state index contributed by atoms with van der Waals surface area (Å²) < 4.78 is 22.4. The maximum absolute atomic E-state index is 13.8. The molecule has 2 heterocycles. The van der Waals surface area contributed by atoms with Crippen LogP contribution in [-0.4, -0.2) is 31.8 Å². The number of hydrogen-bond acceptors (Lipinski definition) is 7. The monoisotopic (exact) mass is 501 g/mol. The summed E-state index contributed by atoms with van der Waals surface area (Å²) >= 11 is 0. The van der Waals surface area contributed by atoms with Gasteiger partial charge in [-0.25, -0.2) is 4.79 Å². The second kappa shape index (κ2) is 9.61. The summed E-state index contributed by atoms with van der Waals surface area (Å²) in [6.45, 7) is 2.06. The first-order chi connectivity index (χ1) is 18.0. The Labute approximate surface area is 216 Å². The lowest BCUT2D eigenvalue weighted by Gasteiger charge is -2.37. The number of methoxy groups -OCH3 is 1. The van der Waals surface area contributed by atoms with Crippen LogP contribution < -0.4 is 19.5 Å². The summed E-state index contributed by atoms with van der Waals surface area (Å²) in [5, 5.41) is 3.44. The summed E-state index contributed by atoms with van der Waals surface area (Å²) in [5.41, 5.74) is 4.66. The van der Waals surface area contributed by atoms with E-state index in [9.17, 15) is 9.59 Å². The third-order valence-corrected chi connectivity index (χ3v) is 7.94. The predicted molar refractivity (Wildman–Crippen MR) is 136 cm³/mol. The normalized spacial score (nSPS) is 23.1. The molecule has 0 aromatic heterocycles. The van der Waals surface area contributed by atoms with Gasteiger partial charge in [0.25, 0.3) is 0 Å². The molecule has 6 rings (SSSR count). The zero-order valence-electron chi connectivity index (χ0n) is 21.2. The van der Waals surface area contributed by atoms with Gasteiger partial charge in [-0.3, -0.25) is 4.79 Å². The van der Waals surface area contributed by atoms with Gasteiger partial charge in [-0.1, -0.05) is 18.2 Å². The summed E-state index contributed by atoms with van der Waals surface area (Å²) in [4.78, 5) is 27.4. The largest absolute Gasteiger partial charge is 0.497 e. The van der Waals surface area contributed by atoms with E-state index < -0.39 is 5.92 Å². The molecule has 2 aromatic carbocycles. The van der Waals surface area contributed by atoms with Crippen LogP contribution >= 0.6 is 0 Å². The lowest BCUT2D eigenvalue weighted by Crippen LogP contribution is -2.36. The molecule has 37 heavy (non-hydrogen) atoms. The fourth-order valence-corrected chi connectivity index (χ4v) is 6.07. The van der Waals surface area contributed by atoms with Crippen molar-refractivity contribution in [1.82, 2.24) is 5.32 Å². The van der Waals surface area contributed by atoms with Gasteiger partial charge in [0.05, 0.1) is 12.7 Å². The minimum Gasteiger partial charge on any atom is -0.497 e. The Hall–Kier alpha value is -3.74. The number of carbonyl (C=O) groups is 2.